The van der Waals surface area contributed by atoms with Crippen LogP contribution in [0.3, 0.4) is 0 Å². The maximum Gasteiger partial charge on any atom is 1.00 e. The van der Waals surface area contributed by atoms with Crippen molar-refractivity contribution in [2.75, 3.05) is 42.3 Å². The number of benzene rings is 1. The standard InChI is InChI=1S/C14H24N4.C2H3N.BF4.Cu/c1-16(2)11-12-9-7-8-10-13(12)15-14(17(3)4)18(5)6;1-2-3;2-1(3,4)5;/h7-10H,11H2,1-6H3;1H3;;/q;;-1;+1. The van der Waals surface area contributed by atoms with E-state index < -0.39 is 7.25 Å². The molecule has 0 amide bonds. The summed E-state index contributed by atoms with van der Waals surface area (Å²) in [5, 5.41) is 7.32. The van der Waals surface area contributed by atoms with Gasteiger partial charge in [-0.1, -0.05) is 18.2 Å². The Bertz CT molecular complexity index is 571. The molecule has 0 bridgehead atoms. The van der Waals surface area contributed by atoms with E-state index in [0.29, 0.717) is 0 Å². The number of guanidine groups is 1. The summed E-state index contributed by atoms with van der Waals surface area (Å²) in [4.78, 5) is 10.9. The molecule has 0 aliphatic heterocycles. The van der Waals surface area contributed by atoms with Gasteiger partial charge in [0.05, 0.1) is 11.8 Å². The number of hydrogen-bond acceptors (Lipinski definition) is 3. The SMILES string of the molecule is CC#N.CN(C)Cc1ccccc1N=C(N(C)C)N(C)C.F[B-](F)(F)F.[Cu+]. The number of nitriles is 1. The zero-order valence-electron chi connectivity index (χ0n) is 16.6. The van der Waals surface area contributed by atoms with Gasteiger partial charge in [0.15, 0.2) is 0 Å². The maximum absolute atomic E-state index is 9.75. The Labute approximate surface area is 170 Å². The first-order chi connectivity index (χ1) is 11.8. The molecule has 1 aromatic rings. The second kappa shape index (κ2) is 15.3. The van der Waals surface area contributed by atoms with Gasteiger partial charge in [-0.2, -0.15) is 5.26 Å². The summed E-state index contributed by atoms with van der Waals surface area (Å²) in [6, 6.07) is 10.0. The molecule has 0 aliphatic carbocycles. The fraction of sp³-hybridized carbons (Fsp3) is 0.500. The molecule has 27 heavy (non-hydrogen) atoms. The van der Waals surface area contributed by atoms with Crippen LogP contribution in [0, 0.1) is 11.3 Å². The summed E-state index contributed by atoms with van der Waals surface area (Å²) in [7, 11) is 6.17. The van der Waals surface area contributed by atoms with Crippen LogP contribution >= 0.6 is 0 Å². The molecule has 1 rings (SSSR count). The number of para-hydroxylation sites is 1. The van der Waals surface area contributed by atoms with Gasteiger partial charge in [-0.05, 0) is 25.7 Å². The third kappa shape index (κ3) is 18.8. The van der Waals surface area contributed by atoms with Crippen molar-refractivity contribution in [2.24, 2.45) is 4.99 Å². The summed E-state index contributed by atoms with van der Waals surface area (Å²) in [5.41, 5.74) is 2.27. The molecular weight excluding hydrogens is 413 g/mol. The van der Waals surface area contributed by atoms with Gasteiger partial charge < -0.3 is 32.0 Å². The van der Waals surface area contributed by atoms with E-state index in [4.69, 9.17) is 10.3 Å². The quantitative estimate of drug-likeness (QED) is 0.312. The molecule has 0 unspecified atom stereocenters. The Balaban J connectivity index is -0.000000544. The molecule has 158 valence electrons. The van der Waals surface area contributed by atoms with Crippen LogP contribution in [0.15, 0.2) is 29.3 Å². The Kier molecular flexibility index (Phi) is 17.0. The summed E-state index contributed by atoms with van der Waals surface area (Å²) in [5.74, 6) is 0.946. The topological polar surface area (TPSA) is 45.9 Å². The Morgan fingerprint density at radius 3 is 1.70 bits per heavy atom. The molecular formula is C16H27BCuF4N5. The molecule has 0 atom stereocenters. The van der Waals surface area contributed by atoms with Gasteiger partial charge in [-0.15, -0.1) is 0 Å². The molecule has 0 saturated heterocycles. The van der Waals surface area contributed by atoms with E-state index in [1.54, 1.807) is 6.07 Å². The van der Waals surface area contributed by atoms with E-state index in [2.05, 4.69) is 37.2 Å². The van der Waals surface area contributed by atoms with E-state index in [0.717, 1.165) is 18.2 Å². The van der Waals surface area contributed by atoms with Gasteiger partial charge in [0.25, 0.3) is 0 Å². The summed E-state index contributed by atoms with van der Waals surface area (Å²) >= 11 is 0. The third-order valence-electron chi connectivity index (χ3n) is 2.50. The van der Waals surface area contributed by atoms with Crippen LogP contribution in [0.25, 0.3) is 0 Å². The Morgan fingerprint density at radius 1 is 1.00 bits per heavy atom. The van der Waals surface area contributed by atoms with Crippen molar-refractivity contribution in [3.63, 3.8) is 0 Å². The van der Waals surface area contributed by atoms with Crippen LogP contribution < -0.4 is 0 Å². The minimum atomic E-state index is -6.00. The number of hydrogen-bond donors (Lipinski definition) is 0. The fourth-order valence-corrected chi connectivity index (χ4v) is 1.80. The first kappa shape index (κ1) is 30.0. The largest absolute Gasteiger partial charge is 1.00 e. The summed E-state index contributed by atoms with van der Waals surface area (Å²) < 4.78 is 39.0. The number of nitrogens with zero attached hydrogens (tertiary/aromatic N) is 5. The normalized spacial score (nSPS) is 9.44. The zero-order valence-corrected chi connectivity index (χ0v) is 17.6. The Morgan fingerprint density at radius 2 is 1.37 bits per heavy atom. The van der Waals surface area contributed by atoms with Gasteiger partial charge in [0.1, 0.15) is 0 Å². The number of rotatable bonds is 3. The van der Waals surface area contributed by atoms with Crippen LogP contribution in [0.5, 0.6) is 0 Å². The zero-order chi connectivity index (χ0) is 20.9. The van der Waals surface area contributed by atoms with Gasteiger partial charge in [-0.25, -0.2) is 4.99 Å². The molecule has 0 saturated carbocycles. The molecule has 1 aromatic carbocycles. The molecule has 0 radical (unpaired) electrons. The molecule has 0 aromatic heterocycles. The molecule has 0 N–H and O–H groups in total. The van der Waals surface area contributed by atoms with Crippen molar-refractivity contribution in [3.05, 3.63) is 29.8 Å². The van der Waals surface area contributed by atoms with Crippen molar-refractivity contribution >= 4 is 18.9 Å². The van der Waals surface area contributed by atoms with E-state index in [1.807, 2.05) is 44.1 Å². The predicted molar refractivity (Wildman–Crippen MR) is 99.8 cm³/mol. The van der Waals surface area contributed by atoms with Crippen molar-refractivity contribution in [3.8, 4) is 6.07 Å². The van der Waals surface area contributed by atoms with E-state index in [1.165, 1.54) is 12.5 Å². The smallest absolute Gasteiger partial charge is 0.418 e. The molecule has 0 spiro atoms. The van der Waals surface area contributed by atoms with E-state index >= 15 is 0 Å². The number of aliphatic imine (C=N–C) groups is 1. The Hall–Kier alpha value is -1.76. The average molecular weight is 440 g/mol. The first-order valence-corrected chi connectivity index (χ1v) is 7.67. The maximum atomic E-state index is 9.75. The summed E-state index contributed by atoms with van der Waals surface area (Å²) in [6.07, 6.45) is 0. The molecule has 0 heterocycles. The number of halogens is 4. The second-order valence-electron chi connectivity index (χ2n) is 5.79. The first-order valence-electron chi connectivity index (χ1n) is 7.67. The minimum Gasteiger partial charge on any atom is -0.418 e. The van der Waals surface area contributed by atoms with Crippen LogP contribution in [-0.2, 0) is 23.6 Å². The van der Waals surface area contributed by atoms with Crippen molar-refractivity contribution in [1.82, 2.24) is 14.7 Å². The summed E-state index contributed by atoms with van der Waals surface area (Å²) in [6.45, 7) is 2.33. The molecule has 0 fully saturated rings. The van der Waals surface area contributed by atoms with Crippen LogP contribution in [0.2, 0.25) is 0 Å². The second-order valence-corrected chi connectivity index (χ2v) is 5.79. The van der Waals surface area contributed by atoms with Crippen molar-refractivity contribution in [2.45, 2.75) is 13.5 Å². The fourth-order valence-electron chi connectivity index (χ4n) is 1.80. The van der Waals surface area contributed by atoms with Crippen molar-refractivity contribution < 1.29 is 34.3 Å². The van der Waals surface area contributed by atoms with Gasteiger partial charge in [-0.3, -0.25) is 0 Å². The van der Waals surface area contributed by atoms with Crippen LogP contribution in [0.4, 0.5) is 23.0 Å². The van der Waals surface area contributed by atoms with Crippen LogP contribution in [-0.4, -0.2) is 70.2 Å². The monoisotopic (exact) mass is 439 g/mol. The van der Waals surface area contributed by atoms with Crippen LogP contribution in [0.1, 0.15) is 12.5 Å². The molecule has 0 aliphatic rings. The van der Waals surface area contributed by atoms with E-state index in [-0.39, 0.29) is 17.1 Å². The minimum absolute atomic E-state index is 0. The molecule has 11 heteroatoms. The van der Waals surface area contributed by atoms with Gasteiger partial charge >= 0.3 is 24.3 Å². The molecule has 5 nitrogen and oxygen atoms in total. The van der Waals surface area contributed by atoms with E-state index in [9.17, 15) is 17.3 Å². The van der Waals surface area contributed by atoms with Crippen molar-refractivity contribution in [1.29, 1.82) is 5.26 Å². The van der Waals surface area contributed by atoms with Gasteiger partial charge in [0.2, 0.25) is 5.96 Å². The average Bonchev–Trinajstić information content (AvgIpc) is 2.44. The van der Waals surface area contributed by atoms with Gasteiger partial charge in [0, 0.05) is 41.7 Å². The third-order valence-corrected chi connectivity index (χ3v) is 2.50. The predicted octanol–water partition coefficient (Wildman–Crippen LogP) is 3.69.